The van der Waals surface area contributed by atoms with Crippen LogP contribution in [0.15, 0.2) is 108 Å². The van der Waals surface area contributed by atoms with E-state index in [0.29, 0.717) is 35.0 Å². The van der Waals surface area contributed by atoms with Crippen molar-refractivity contribution in [1.82, 2.24) is 9.62 Å². The van der Waals surface area contributed by atoms with E-state index in [2.05, 4.69) is 5.32 Å². The maximum Gasteiger partial charge on any atom is 0.262 e. The highest BCUT2D eigenvalue weighted by molar-refractivity contribution is 7.89. The summed E-state index contributed by atoms with van der Waals surface area (Å²) in [4.78, 5) is 28.3. The lowest BCUT2D eigenvalue weighted by atomic mass is 10.1. The van der Waals surface area contributed by atoms with E-state index < -0.39 is 34.4 Å². The molecule has 8 nitrogen and oxygen atoms in total. The lowest BCUT2D eigenvalue weighted by Crippen LogP contribution is -2.53. The molecule has 0 saturated heterocycles. The van der Waals surface area contributed by atoms with Crippen LogP contribution in [0.3, 0.4) is 0 Å². The van der Waals surface area contributed by atoms with Gasteiger partial charge < -0.3 is 15.0 Å². The third kappa shape index (κ3) is 7.40. The lowest BCUT2D eigenvalue weighted by Gasteiger charge is -2.35. The third-order valence-corrected chi connectivity index (χ3v) is 9.02. The smallest absolute Gasteiger partial charge is 0.262 e. The van der Waals surface area contributed by atoms with Crippen LogP contribution in [0.4, 0.5) is 10.1 Å². The van der Waals surface area contributed by atoms with Gasteiger partial charge in [0, 0.05) is 18.1 Å². The molecule has 43 heavy (non-hydrogen) atoms. The minimum absolute atomic E-state index is 0.0511. The predicted octanol–water partition coefficient (Wildman–Crippen LogP) is 4.82. The van der Waals surface area contributed by atoms with E-state index in [4.69, 9.17) is 16.3 Å². The molecule has 2 amide bonds. The van der Waals surface area contributed by atoms with Crippen molar-refractivity contribution in [1.29, 1.82) is 0 Å². The number of hydrogen-bond acceptors (Lipinski definition) is 5. The number of carbonyl (C=O) groups excluding carboxylic acids is 2. The zero-order chi connectivity index (χ0) is 30.4. The summed E-state index contributed by atoms with van der Waals surface area (Å²) in [5.74, 6) is -1.08. The van der Waals surface area contributed by atoms with Crippen LogP contribution in [0, 0.1) is 5.82 Å². The quantitative estimate of drug-likeness (QED) is 0.274. The fraction of sp³-hybridized carbons (Fsp3) is 0.188. The number of hydrogen-bond donors (Lipinski definition) is 1. The summed E-state index contributed by atoms with van der Waals surface area (Å²) in [6.45, 7) is -0.465. The number of anilines is 1. The Labute approximate surface area is 254 Å². The molecule has 4 aromatic carbocycles. The standard InChI is InChI=1S/C32H29ClFN3O5S/c33-25-12-16-27(17-13-25)43(40,41)36(20-24-10-14-26(34)15-11-24)22-31(38)37-21-30(42-29-9-5-4-8-28(29)37)32(39)35-19-18-23-6-2-1-3-7-23/h1-17,30H,18-22H2,(H,35,39). The van der Waals surface area contributed by atoms with Crippen LogP contribution in [-0.4, -0.2) is 50.3 Å². The van der Waals surface area contributed by atoms with Gasteiger partial charge in [0.05, 0.1) is 23.7 Å². The van der Waals surface area contributed by atoms with Gasteiger partial charge in [-0.25, -0.2) is 12.8 Å². The van der Waals surface area contributed by atoms with Crippen molar-refractivity contribution in [3.05, 3.63) is 125 Å². The zero-order valence-electron chi connectivity index (χ0n) is 23.0. The third-order valence-electron chi connectivity index (χ3n) is 6.96. The Morgan fingerprint density at radius 3 is 2.30 bits per heavy atom. The lowest BCUT2D eigenvalue weighted by molar-refractivity contribution is -0.128. The van der Waals surface area contributed by atoms with E-state index in [-0.39, 0.29) is 23.9 Å². The number of amides is 2. The molecule has 0 saturated carbocycles. The van der Waals surface area contributed by atoms with Gasteiger partial charge in [0.2, 0.25) is 15.9 Å². The van der Waals surface area contributed by atoms with Crippen LogP contribution < -0.4 is 15.0 Å². The van der Waals surface area contributed by atoms with Crippen molar-refractivity contribution in [3.63, 3.8) is 0 Å². The fourth-order valence-electron chi connectivity index (χ4n) is 4.71. The molecule has 0 aromatic heterocycles. The first-order chi connectivity index (χ1) is 20.7. The SMILES string of the molecule is O=C(NCCc1ccccc1)C1CN(C(=O)CN(Cc2ccc(F)cc2)S(=O)(=O)c2ccc(Cl)cc2)c2ccccc2O1. The maximum atomic E-state index is 13.9. The summed E-state index contributed by atoms with van der Waals surface area (Å²) in [6.07, 6.45) is -0.382. The van der Waals surface area contributed by atoms with Crippen molar-refractivity contribution in [2.24, 2.45) is 0 Å². The minimum atomic E-state index is -4.18. The Bertz CT molecular complexity index is 1690. The highest BCUT2D eigenvalue weighted by Gasteiger charge is 2.36. The van der Waals surface area contributed by atoms with E-state index in [0.717, 1.165) is 9.87 Å². The average molecular weight is 622 g/mol. The van der Waals surface area contributed by atoms with Gasteiger partial charge in [-0.15, -0.1) is 0 Å². The molecule has 0 spiro atoms. The molecule has 1 aliphatic heterocycles. The number of rotatable bonds is 10. The largest absolute Gasteiger partial charge is 0.477 e. The van der Waals surface area contributed by atoms with Crippen LogP contribution >= 0.6 is 11.6 Å². The predicted molar refractivity (Wildman–Crippen MR) is 162 cm³/mol. The molecule has 4 aromatic rings. The second-order valence-corrected chi connectivity index (χ2v) is 12.3. The van der Waals surface area contributed by atoms with Gasteiger partial charge in [-0.3, -0.25) is 9.59 Å². The molecule has 222 valence electrons. The molecule has 1 unspecified atom stereocenters. The van der Waals surface area contributed by atoms with Gasteiger partial charge in [0.25, 0.3) is 5.91 Å². The van der Waals surface area contributed by atoms with Gasteiger partial charge in [-0.1, -0.05) is 66.2 Å². The van der Waals surface area contributed by atoms with E-state index in [9.17, 15) is 22.4 Å². The van der Waals surface area contributed by atoms with Crippen LogP contribution in [0.2, 0.25) is 5.02 Å². The topological polar surface area (TPSA) is 96.0 Å². The minimum Gasteiger partial charge on any atom is -0.477 e. The molecule has 11 heteroatoms. The van der Waals surface area contributed by atoms with Gasteiger partial charge in [-0.2, -0.15) is 4.31 Å². The molecular formula is C32H29ClFN3O5S. The van der Waals surface area contributed by atoms with Gasteiger partial charge in [0.15, 0.2) is 6.10 Å². The highest BCUT2D eigenvalue weighted by atomic mass is 35.5. The molecule has 1 atom stereocenters. The number of sulfonamides is 1. The number of fused-ring (bicyclic) bond motifs is 1. The molecule has 0 aliphatic carbocycles. The molecule has 0 fully saturated rings. The van der Waals surface area contributed by atoms with E-state index in [1.807, 2.05) is 30.3 Å². The first-order valence-corrected chi connectivity index (χ1v) is 15.4. The number of benzene rings is 4. The molecule has 5 rings (SSSR count). The number of halogens is 2. The Hall–Kier alpha value is -4.25. The fourth-order valence-corrected chi connectivity index (χ4v) is 6.21. The number of carbonyl (C=O) groups is 2. The van der Waals surface area contributed by atoms with Crippen LogP contribution in [-0.2, 0) is 32.6 Å². The highest BCUT2D eigenvalue weighted by Crippen LogP contribution is 2.34. The Balaban J connectivity index is 1.37. The second-order valence-electron chi connectivity index (χ2n) is 9.96. The van der Waals surface area contributed by atoms with Crippen LogP contribution in [0.25, 0.3) is 0 Å². The number of ether oxygens (including phenoxy) is 1. The Morgan fingerprint density at radius 1 is 0.907 bits per heavy atom. The van der Waals surface area contributed by atoms with Gasteiger partial charge in [0.1, 0.15) is 11.6 Å². The number of nitrogens with zero attached hydrogens (tertiary/aromatic N) is 2. The molecule has 1 aliphatic rings. The second kappa shape index (κ2) is 13.4. The first kappa shape index (κ1) is 30.2. The van der Waals surface area contributed by atoms with Gasteiger partial charge >= 0.3 is 0 Å². The van der Waals surface area contributed by atoms with Crippen molar-refractivity contribution >= 4 is 39.1 Å². The summed E-state index contributed by atoms with van der Waals surface area (Å²) in [7, 11) is -4.18. The van der Waals surface area contributed by atoms with Crippen molar-refractivity contribution in [2.75, 3.05) is 24.5 Å². The van der Waals surface area contributed by atoms with E-state index in [1.54, 1.807) is 24.3 Å². The Kier molecular flexibility index (Phi) is 9.40. The first-order valence-electron chi connectivity index (χ1n) is 13.6. The zero-order valence-corrected chi connectivity index (χ0v) is 24.6. The van der Waals surface area contributed by atoms with Crippen molar-refractivity contribution < 1.29 is 27.1 Å². The van der Waals surface area contributed by atoms with E-state index >= 15 is 0 Å². The van der Waals surface area contributed by atoms with Crippen LogP contribution in [0.1, 0.15) is 11.1 Å². The molecule has 1 N–H and O–H groups in total. The number of para-hydroxylation sites is 2. The van der Waals surface area contributed by atoms with E-state index in [1.165, 1.54) is 53.4 Å². The summed E-state index contributed by atoms with van der Waals surface area (Å²) >= 11 is 5.97. The summed E-state index contributed by atoms with van der Waals surface area (Å²) in [5.41, 5.74) is 1.98. The normalized spacial score (nSPS) is 14.6. The molecule has 0 bridgehead atoms. The summed E-state index contributed by atoms with van der Waals surface area (Å²) in [6, 6.07) is 27.5. The van der Waals surface area contributed by atoms with Crippen LogP contribution in [0.5, 0.6) is 5.75 Å². The summed E-state index contributed by atoms with van der Waals surface area (Å²) < 4.78 is 48.0. The van der Waals surface area contributed by atoms with Crippen molar-refractivity contribution in [2.45, 2.75) is 24.0 Å². The molecular weight excluding hydrogens is 593 g/mol. The summed E-state index contributed by atoms with van der Waals surface area (Å²) in [5, 5.41) is 3.23. The monoisotopic (exact) mass is 621 g/mol. The molecule has 0 radical (unpaired) electrons. The Morgan fingerprint density at radius 2 is 1.58 bits per heavy atom. The van der Waals surface area contributed by atoms with Crippen molar-refractivity contribution in [3.8, 4) is 5.75 Å². The maximum absolute atomic E-state index is 13.9. The molecule has 1 heterocycles. The van der Waals surface area contributed by atoms with Gasteiger partial charge in [-0.05, 0) is 66.1 Å². The number of nitrogens with one attached hydrogen (secondary N) is 1. The average Bonchev–Trinajstić information content (AvgIpc) is 3.01.